The summed E-state index contributed by atoms with van der Waals surface area (Å²) < 4.78 is 39.5. The molecule has 3 aromatic rings. The smallest absolute Gasteiger partial charge is 0.240 e. The largest absolute Gasteiger partial charge is 0.497 e. The van der Waals surface area contributed by atoms with Gasteiger partial charge in [-0.25, -0.2) is 13.1 Å². The summed E-state index contributed by atoms with van der Waals surface area (Å²) >= 11 is 0. The maximum Gasteiger partial charge on any atom is 0.240 e. The van der Waals surface area contributed by atoms with Crippen LogP contribution in [0.3, 0.4) is 0 Å². The lowest BCUT2D eigenvalue weighted by atomic mass is 10.1. The summed E-state index contributed by atoms with van der Waals surface area (Å²) in [5.41, 5.74) is 2.91. The highest BCUT2D eigenvalue weighted by molar-refractivity contribution is 7.89. The molecule has 8 nitrogen and oxygen atoms in total. The number of nitrogens with one attached hydrogen (secondary N) is 1. The molecule has 1 aromatic heterocycles. The molecule has 1 fully saturated rings. The minimum atomic E-state index is -3.68. The van der Waals surface area contributed by atoms with Crippen molar-refractivity contribution >= 4 is 15.7 Å². The van der Waals surface area contributed by atoms with Gasteiger partial charge in [-0.15, -0.1) is 0 Å². The first-order valence-corrected chi connectivity index (χ1v) is 13.1. The monoisotopic (exact) mass is 496 g/mol. The number of ether oxygens (including phenoxy) is 2. The van der Waals surface area contributed by atoms with E-state index >= 15 is 0 Å². The first-order valence-electron chi connectivity index (χ1n) is 11.6. The van der Waals surface area contributed by atoms with Crippen LogP contribution in [0.1, 0.15) is 17.2 Å². The van der Waals surface area contributed by atoms with Crippen LogP contribution in [0.4, 0.5) is 5.69 Å². The maximum absolute atomic E-state index is 13.1. The topological polar surface area (TPSA) is 84.0 Å². The molecule has 0 spiro atoms. The third-order valence-corrected chi connectivity index (χ3v) is 7.83. The van der Waals surface area contributed by atoms with Crippen molar-refractivity contribution in [3.63, 3.8) is 0 Å². The summed E-state index contributed by atoms with van der Waals surface area (Å²) in [5, 5.41) is 0. The average Bonchev–Trinajstić information content (AvgIpc) is 2.90. The summed E-state index contributed by atoms with van der Waals surface area (Å²) in [5.74, 6) is 1.50. The standard InChI is InChI=1S/C26H32N4O4S/c1-20-17-24(10-11-26(20)34-3)35(31,32)28-19-25(21-5-4-12-27-18-21)30-15-13-29(14-16-30)22-6-8-23(33-2)9-7-22/h4-12,17-18,25,28H,13-16,19H2,1-3H3/t25-/m1/s1. The van der Waals surface area contributed by atoms with Crippen molar-refractivity contribution in [2.24, 2.45) is 0 Å². The highest BCUT2D eigenvalue weighted by atomic mass is 32.2. The highest BCUT2D eigenvalue weighted by Gasteiger charge is 2.27. The fourth-order valence-corrected chi connectivity index (χ4v) is 5.53. The number of methoxy groups -OCH3 is 2. The first-order chi connectivity index (χ1) is 16.9. The van der Waals surface area contributed by atoms with Crippen molar-refractivity contribution < 1.29 is 17.9 Å². The van der Waals surface area contributed by atoms with Crippen molar-refractivity contribution in [2.75, 3.05) is 51.8 Å². The molecular weight excluding hydrogens is 464 g/mol. The van der Waals surface area contributed by atoms with Crippen LogP contribution in [0.15, 0.2) is 71.9 Å². The quantitative estimate of drug-likeness (QED) is 0.487. The predicted molar refractivity (Wildman–Crippen MR) is 137 cm³/mol. The molecule has 1 atom stereocenters. The molecule has 0 radical (unpaired) electrons. The Kier molecular flexibility index (Phi) is 7.90. The van der Waals surface area contributed by atoms with Gasteiger partial charge in [0.1, 0.15) is 11.5 Å². The molecule has 0 bridgehead atoms. The number of rotatable bonds is 9. The molecule has 4 rings (SSSR count). The van der Waals surface area contributed by atoms with Crippen molar-refractivity contribution in [3.8, 4) is 11.5 Å². The zero-order chi connectivity index (χ0) is 24.8. The van der Waals surface area contributed by atoms with E-state index in [9.17, 15) is 8.42 Å². The van der Waals surface area contributed by atoms with E-state index in [2.05, 4.69) is 31.6 Å². The van der Waals surface area contributed by atoms with Gasteiger partial charge in [0, 0.05) is 50.8 Å². The van der Waals surface area contributed by atoms with Crippen LogP contribution in [0, 0.1) is 6.92 Å². The Balaban J connectivity index is 1.47. The molecule has 1 aliphatic heterocycles. The van der Waals surface area contributed by atoms with E-state index in [0.717, 1.165) is 48.7 Å². The molecule has 0 aliphatic carbocycles. The number of sulfonamides is 1. The summed E-state index contributed by atoms with van der Waals surface area (Å²) in [4.78, 5) is 9.15. The zero-order valence-electron chi connectivity index (χ0n) is 20.3. The van der Waals surface area contributed by atoms with E-state index < -0.39 is 10.0 Å². The normalized spacial score (nSPS) is 15.6. The third kappa shape index (κ3) is 5.93. The number of anilines is 1. The number of hydrogen-bond donors (Lipinski definition) is 1. The van der Waals surface area contributed by atoms with Crippen LogP contribution < -0.4 is 19.1 Å². The summed E-state index contributed by atoms with van der Waals surface area (Å²) in [6, 6.07) is 16.7. The van der Waals surface area contributed by atoms with Gasteiger partial charge in [0.25, 0.3) is 0 Å². The second-order valence-electron chi connectivity index (χ2n) is 8.51. The van der Waals surface area contributed by atoms with Gasteiger partial charge in [-0.2, -0.15) is 0 Å². The Hall–Kier alpha value is -3.14. The Morgan fingerprint density at radius 1 is 1.00 bits per heavy atom. The summed E-state index contributed by atoms with van der Waals surface area (Å²) in [7, 11) is -0.451. The van der Waals surface area contributed by atoms with Gasteiger partial charge in [-0.1, -0.05) is 6.07 Å². The minimum absolute atomic E-state index is 0.129. The number of piperazine rings is 1. The minimum Gasteiger partial charge on any atom is -0.497 e. The average molecular weight is 497 g/mol. The van der Waals surface area contributed by atoms with Gasteiger partial charge in [0.2, 0.25) is 10.0 Å². The van der Waals surface area contributed by atoms with Gasteiger partial charge in [-0.05, 0) is 66.6 Å². The predicted octanol–water partition coefficient (Wildman–Crippen LogP) is 3.25. The molecule has 2 heterocycles. The fraction of sp³-hybridized carbons (Fsp3) is 0.346. The van der Waals surface area contributed by atoms with Crippen LogP contribution in [-0.4, -0.2) is 65.2 Å². The van der Waals surface area contributed by atoms with Gasteiger partial charge < -0.3 is 14.4 Å². The number of aromatic nitrogens is 1. The number of pyridine rings is 1. The van der Waals surface area contributed by atoms with Crippen molar-refractivity contribution in [2.45, 2.75) is 17.9 Å². The molecular formula is C26H32N4O4S. The van der Waals surface area contributed by atoms with Gasteiger partial charge in [-0.3, -0.25) is 9.88 Å². The first kappa shape index (κ1) is 25.0. The molecule has 1 saturated heterocycles. The number of nitrogens with zero attached hydrogens (tertiary/aromatic N) is 3. The highest BCUT2D eigenvalue weighted by Crippen LogP contribution is 2.26. The van der Waals surface area contributed by atoms with E-state index in [1.165, 1.54) is 0 Å². The van der Waals surface area contributed by atoms with Gasteiger partial charge in [0.15, 0.2) is 0 Å². The molecule has 2 aromatic carbocycles. The molecule has 186 valence electrons. The molecule has 0 amide bonds. The third-order valence-electron chi connectivity index (χ3n) is 6.41. The van der Waals surface area contributed by atoms with E-state index in [-0.39, 0.29) is 17.5 Å². The number of benzene rings is 2. The Morgan fingerprint density at radius 2 is 1.74 bits per heavy atom. The van der Waals surface area contributed by atoms with Crippen LogP contribution in [0.2, 0.25) is 0 Å². The lowest BCUT2D eigenvalue weighted by Crippen LogP contribution is -2.50. The van der Waals surface area contributed by atoms with Crippen LogP contribution in [0.25, 0.3) is 0 Å². The van der Waals surface area contributed by atoms with Gasteiger partial charge in [0.05, 0.1) is 25.2 Å². The van der Waals surface area contributed by atoms with Crippen LogP contribution >= 0.6 is 0 Å². The number of hydrogen-bond acceptors (Lipinski definition) is 7. The second-order valence-corrected chi connectivity index (χ2v) is 10.3. The Morgan fingerprint density at radius 3 is 2.34 bits per heavy atom. The van der Waals surface area contributed by atoms with Crippen LogP contribution in [0.5, 0.6) is 11.5 Å². The summed E-state index contributed by atoms with van der Waals surface area (Å²) in [6.45, 7) is 5.37. The molecule has 0 saturated carbocycles. The number of aryl methyl sites for hydroxylation is 1. The molecule has 1 aliphatic rings. The van der Waals surface area contributed by atoms with E-state index in [1.54, 1.807) is 38.6 Å². The summed E-state index contributed by atoms with van der Waals surface area (Å²) in [6.07, 6.45) is 3.54. The molecule has 1 N–H and O–H groups in total. The van der Waals surface area contributed by atoms with Crippen LogP contribution in [-0.2, 0) is 10.0 Å². The molecule has 9 heteroatoms. The van der Waals surface area contributed by atoms with E-state index in [0.29, 0.717) is 5.75 Å². The van der Waals surface area contributed by atoms with Crippen molar-refractivity contribution in [1.29, 1.82) is 0 Å². The molecule has 0 unspecified atom stereocenters. The van der Waals surface area contributed by atoms with Gasteiger partial charge >= 0.3 is 0 Å². The lowest BCUT2D eigenvalue weighted by Gasteiger charge is -2.40. The fourth-order valence-electron chi connectivity index (χ4n) is 4.41. The lowest BCUT2D eigenvalue weighted by molar-refractivity contribution is 0.186. The van der Waals surface area contributed by atoms with E-state index in [4.69, 9.17) is 9.47 Å². The maximum atomic E-state index is 13.1. The zero-order valence-corrected chi connectivity index (χ0v) is 21.2. The van der Waals surface area contributed by atoms with E-state index in [1.807, 2.05) is 37.4 Å². The Labute approximate surface area is 207 Å². The Bertz CT molecular complexity index is 1210. The molecule has 35 heavy (non-hydrogen) atoms. The SMILES string of the molecule is COc1ccc(N2CCN([C@H](CNS(=O)(=O)c3ccc(OC)c(C)c3)c3cccnc3)CC2)cc1. The van der Waals surface area contributed by atoms with Crippen molar-refractivity contribution in [3.05, 3.63) is 78.1 Å². The second kappa shape index (κ2) is 11.1. The van der Waals surface area contributed by atoms with Crippen molar-refractivity contribution in [1.82, 2.24) is 14.6 Å².